The molecule has 2 aromatic carbocycles. The molecule has 4 nitrogen and oxygen atoms in total. The molecule has 20 heavy (non-hydrogen) atoms. The van der Waals surface area contributed by atoms with Crippen molar-refractivity contribution in [3.8, 4) is 0 Å². The lowest BCUT2D eigenvalue weighted by molar-refractivity contribution is 0.296. The topological polar surface area (TPSA) is 58.6 Å². The zero-order chi connectivity index (χ0) is 14.4. The Morgan fingerprint density at radius 1 is 1.10 bits per heavy atom. The van der Waals surface area contributed by atoms with Crippen LogP contribution in [0, 0.1) is 0 Å². The molecule has 0 amide bonds. The first-order chi connectivity index (χ1) is 9.63. The van der Waals surface area contributed by atoms with Crippen LogP contribution in [-0.4, -0.2) is 12.0 Å². The normalized spacial score (nSPS) is 15.5. The van der Waals surface area contributed by atoms with Crippen LogP contribution in [0.1, 0.15) is 16.9 Å². The Morgan fingerprint density at radius 2 is 1.65 bits per heavy atom. The Morgan fingerprint density at radius 3 is 2.20 bits per heavy atom. The lowest BCUT2D eigenvalue weighted by Gasteiger charge is -2.23. The van der Waals surface area contributed by atoms with Crippen molar-refractivity contribution in [2.24, 2.45) is 0 Å². The van der Waals surface area contributed by atoms with E-state index in [1.165, 1.54) is 7.11 Å². The van der Waals surface area contributed by atoms with Crippen LogP contribution in [0.4, 0.5) is 0 Å². The van der Waals surface area contributed by atoms with Crippen LogP contribution in [0.5, 0.6) is 0 Å². The maximum atomic E-state index is 12.2. The quantitative estimate of drug-likeness (QED) is 0.802. The molecule has 2 atom stereocenters. The van der Waals surface area contributed by atoms with Crippen molar-refractivity contribution < 1.29 is 14.0 Å². The van der Waals surface area contributed by atoms with Gasteiger partial charge in [-0.2, -0.15) is 0 Å². The molecule has 0 saturated heterocycles. The summed E-state index contributed by atoms with van der Waals surface area (Å²) in [5.41, 5.74) is 1.78. The van der Waals surface area contributed by atoms with Gasteiger partial charge < -0.3 is 9.42 Å². The van der Waals surface area contributed by atoms with Gasteiger partial charge in [-0.25, -0.2) is 0 Å². The van der Waals surface area contributed by atoms with E-state index in [0.29, 0.717) is 6.54 Å². The van der Waals surface area contributed by atoms with Gasteiger partial charge in [0.2, 0.25) is 0 Å². The molecule has 0 aliphatic heterocycles. The average molecular weight is 291 g/mol. The highest BCUT2D eigenvalue weighted by atomic mass is 31.2. The molecule has 106 valence electrons. The minimum absolute atomic E-state index is 0.494. The molecule has 0 fully saturated rings. The summed E-state index contributed by atoms with van der Waals surface area (Å²) in [5, 5.41) is 3.11. The zero-order valence-corrected chi connectivity index (χ0v) is 12.2. The van der Waals surface area contributed by atoms with Crippen LogP contribution in [-0.2, 0) is 15.6 Å². The van der Waals surface area contributed by atoms with Gasteiger partial charge in [-0.1, -0.05) is 60.7 Å². The zero-order valence-electron chi connectivity index (χ0n) is 11.3. The molecular weight excluding hydrogens is 273 g/mol. The Hall–Kier alpha value is -1.45. The summed E-state index contributed by atoms with van der Waals surface area (Å²) >= 11 is 0. The van der Waals surface area contributed by atoms with Gasteiger partial charge in [-0.05, 0) is 11.1 Å². The molecule has 0 radical (unpaired) electrons. The largest absolute Gasteiger partial charge is 0.349 e. The molecule has 0 saturated carbocycles. The maximum Gasteiger partial charge on any atom is 0.349 e. The van der Waals surface area contributed by atoms with Crippen LogP contribution < -0.4 is 5.32 Å². The van der Waals surface area contributed by atoms with Crippen molar-refractivity contribution in [2.45, 2.75) is 12.3 Å². The Bertz CT molecular complexity index is 574. The third kappa shape index (κ3) is 3.78. The van der Waals surface area contributed by atoms with Crippen LogP contribution in [0.15, 0.2) is 60.7 Å². The molecule has 0 aliphatic carbocycles. The van der Waals surface area contributed by atoms with Crippen molar-refractivity contribution in [2.75, 3.05) is 7.11 Å². The standard InChI is InChI=1S/C15H18NO3P/c1-19-20(17,18)15(14-10-6-3-7-11-14)16-12-13-8-4-2-5-9-13/h2-11,15-16H,12H2,1H3,(H,17,18). The van der Waals surface area contributed by atoms with E-state index in [1.807, 2.05) is 60.7 Å². The average Bonchev–Trinajstić information content (AvgIpc) is 2.49. The molecule has 0 aliphatic rings. The summed E-state index contributed by atoms with van der Waals surface area (Å²) in [6.45, 7) is 0.494. The molecule has 2 N–H and O–H groups in total. The van der Waals surface area contributed by atoms with Crippen LogP contribution in [0.3, 0.4) is 0 Å². The van der Waals surface area contributed by atoms with Gasteiger partial charge in [-0.3, -0.25) is 9.88 Å². The predicted molar refractivity (Wildman–Crippen MR) is 79.3 cm³/mol. The minimum Gasteiger partial charge on any atom is -0.323 e. The summed E-state index contributed by atoms with van der Waals surface area (Å²) in [7, 11) is -2.50. The van der Waals surface area contributed by atoms with E-state index in [-0.39, 0.29) is 0 Å². The third-order valence-electron chi connectivity index (χ3n) is 3.05. The van der Waals surface area contributed by atoms with Gasteiger partial charge in [0.1, 0.15) is 5.78 Å². The van der Waals surface area contributed by atoms with E-state index in [4.69, 9.17) is 4.52 Å². The number of hydrogen-bond donors (Lipinski definition) is 2. The number of rotatable bonds is 6. The molecule has 0 spiro atoms. The van der Waals surface area contributed by atoms with E-state index >= 15 is 0 Å². The van der Waals surface area contributed by atoms with E-state index in [1.54, 1.807) is 0 Å². The van der Waals surface area contributed by atoms with Crippen molar-refractivity contribution in [1.82, 2.24) is 5.32 Å². The van der Waals surface area contributed by atoms with E-state index in [9.17, 15) is 9.46 Å². The summed E-state index contributed by atoms with van der Waals surface area (Å²) < 4.78 is 17.0. The van der Waals surface area contributed by atoms with Crippen molar-refractivity contribution in [1.29, 1.82) is 0 Å². The van der Waals surface area contributed by atoms with Crippen LogP contribution in [0.2, 0.25) is 0 Å². The molecule has 2 unspecified atom stereocenters. The van der Waals surface area contributed by atoms with Crippen molar-refractivity contribution in [3.05, 3.63) is 71.8 Å². The summed E-state index contributed by atoms with van der Waals surface area (Å²) in [4.78, 5) is 9.99. The lowest BCUT2D eigenvalue weighted by atomic mass is 10.2. The summed E-state index contributed by atoms with van der Waals surface area (Å²) in [6, 6.07) is 18.9. The fraction of sp³-hybridized carbons (Fsp3) is 0.200. The molecule has 0 bridgehead atoms. The first-order valence-corrected chi connectivity index (χ1v) is 7.98. The Balaban J connectivity index is 2.18. The monoisotopic (exact) mass is 291 g/mol. The summed E-state index contributed by atoms with van der Waals surface area (Å²) in [5.74, 6) is -0.742. The molecule has 0 heterocycles. The van der Waals surface area contributed by atoms with Crippen molar-refractivity contribution in [3.63, 3.8) is 0 Å². The smallest absolute Gasteiger partial charge is 0.323 e. The van der Waals surface area contributed by atoms with Crippen LogP contribution >= 0.6 is 7.60 Å². The number of nitrogens with one attached hydrogen (secondary N) is 1. The van der Waals surface area contributed by atoms with Gasteiger partial charge in [0.05, 0.1) is 0 Å². The second kappa shape index (κ2) is 6.82. The number of hydrogen-bond acceptors (Lipinski definition) is 3. The number of benzene rings is 2. The molecule has 5 heteroatoms. The van der Waals surface area contributed by atoms with Gasteiger partial charge in [-0.15, -0.1) is 0 Å². The van der Waals surface area contributed by atoms with E-state index in [0.717, 1.165) is 11.1 Å². The van der Waals surface area contributed by atoms with E-state index < -0.39 is 13.4 Å². The Kier molecular flexibility index (Phi) is 5.10. The van der Waals surface area contributed by atoms with Crippen LogP contribution in [0.25, 0.3) is 0 Å². The Labute approximate surface area is 119 Å². The van der Waals surface area contributed by atoms with Gasteiger partial charge in [0, 0.05) is 13.7 Å². The van der Waals surface area contributed by atoms with Gasteiger partial charge >= 0.3 is 7.60 Å². The first-order valence-electron chi connectivity index (χ1n) is 6.34. The summed E-state index contributed by atoms with van der Waals surface area (Å²) in [6.07, 6.45) is 0. The molecule has 2 rings (SSSR count). The lowest BCUT2D eigenvalue weighted by Crippen LogP contribution is -2.21. The highest BCUT2D eigenvalue weighted by Gasteiger charge is 2.32. The minimum atomic E-state index is -3.75. The fourth-order valence-electron chi connectivity index (χ4n) is 1.97. The highest BCUT2D eigenvalue weighted by molar-refractivity contribution is 7.53. The predicted octanol–water partition coefficient (Wildman–Crippen LogP) is 3.31. The van der Waals surface area contributed by atoms with Crippen molar-refractivity contribution >= 4 is 7.60 Å². The maximum absolute atomic E-state index is 12.2. The highest BCUT2D eigenvalue weighted by Crippen LogP contribution is 2.54. The third-order valence-corrected chi connectivity index (χ3v) is 4.70. The molecule has 2 aromatic rings. The first kappa shape index (κ1) is 14.9. The second-order valence-electron chi connectivity index (χ2n) is 4.43. The van der Waals surface area contributed by atoms with Gasteiger partial charge in [0.15, 0.2) is 0 Å². The van der Waals surface area contributed by atoms with Gasteiger partial charge in [0.25, 0.3) is 0 Å². The molecular formula is C15H18NO3P. The second-order valence-corrected chi connectivity index (χ2v) is 6.44. The fourth-order valence-corrected chi connectivity index (χ4v) is 3.05. The SMILES string of the molecule is COP(=O)(O)C(NCc1ccccc1)c1ccccc1. The molecule has 0 aromatic heterocycles. The van der Waals surface area contributed by atoms with E-state index in [2.05, 4.69) is 5.32 Å².